The van der Waals surface area contributed by atoms with E-state index in [0.717, 1.165) is 19.3 Å². The Morgan fingerprint density at radius 3 is 2.80 bits per heavy atom. The number of aliphatic hydroxyl groups excluding tert-OH is 1. The summed E-state index contributed by atoms with van der Waals surface area (Å²) in [5.74, 6) is 0.268. The lowest BCUT2D eigenvalue weighted by Crippen LogP contribution is -2.37. The van der Waals surface area contributed by atoms with Crippen molar-refractivity contribution in [1.82, 2.24) is 5.32 Å². The summed E-state index contributed by atoms with van der Waals surface area (Å²) in [7, 11) is 0. The molecule has 0 saturated heterocycles. The van der Waals surface area contributed by atoms with Crippen molar-refractivity contribution in [2.24, 2.45) is 0 Å². The molecule has 0 radical (unpaired) electrons. The van der Waals surface area contributed by atoms with Crippen LogP contribution in [0.4, 0.5) is 0 Å². The van der Waals surface area contributed by atoms with Crippen molar-refractivity contribution < 1.29 is 24.5 Å². The summed E-state index contributed by atoms with van der Waals surface area (Å²) < 4.78 is 10.4. The minimum absolute atomic E-state index is 0. The van der Waals surface area contributed by atoms with Crippen LogP contribution in [0.1, 0.15) is 36.1 Å². The topological polar surface area (TPSA) is 88.0 Å². The van der Waals surface area contributed by atoms with E-state index in [2.05, 4.69) is 5.32 Å². The van der Waals surface area contributed by atoms with Crippen molar-refractivity contribution in [1.29, 1.82) is 0 Å². The van der Waals surface area contributed by atoms with Crippen LogP contribution < -0.4 is 10.1 Å². The molecule has 1 aliphatic carbocycles. The normalized spacial score (nSPS) is 16.2. The van der Waals surface area contributed by atoms with Crippen molar-refractivity contribution in [2.75, 3.05) is 19.8 Å². The molecule has 1 aliphatic rings. The van der Waals surface area contributed by atoms with Gasteiger partial charge in [0.05, 0.1) is 17.7 Å². The number of hydrogen-bond acceptors (Lipinski definition) is 6. The number of nitrogens with one attached hydrogen (secondary N) is 1. The Bertz CT molecular complexity index is 861. The molecule has 164 valence electrons. The van der Waals surface area contributed by atoms with E-state index >= 15 is 0 Å². The van der Waals surface area contributed by atoms with Gasteiger partial charge in [0.15, 0.2) is 6.61 Å². The number of benzene rings is 2. The highest BCUT2D eigenvalue weighted by Crippen LogP contribution is 2.28. The van der Waals surface area contributed by atoms with Gasteiger partial charge in [-0.1, -0.05) is 23.7 Å². The summed E-state index contributed by atoms with van der Waals surface area (Å²) in [5.41, 5.74) is 3.11. The SMILES string of the molecule is CCOC(=O)COc1ccc2c(c1)C[C@H](NCC(O)c1ccc(O)c(Cl)c1)CC2.Cl. The summed E-state index contributed by atoms with van der Waals surface area (Å²) in [4.78, 5) is 11.5. The number of aromatic hydroxyl groups is 1. The maximum atomic E-state index is 11.5. The Morgan fingerprint density at radius 2 is 2.07 bits per heavy atom. The second kappa shape index (κ2) is 11.4. The average molecular weight is 456 g/mol. The van der Waals surface area contributed by atoms with Crippen LogP contribution >= 0.6 is 24.0 Å². The van der Waals surface area contributed by atoms with Gasteiger partial charge in [-0.2, -0.15) is 0 Å². The summed E-state index contributed by atoms with van der Waals surface area (Å²) in [5, 5.41) is 23.5. The first-order valence-electron chi connectivity index (χ1n) is 9.76. The van der Waals surface area contributed by atoms with Crippen LogP contribution in [0.25, 0.3) is 0 Å². The van der Waals surface area contributed by atoms with Gasteiger partial charge in [-0.25, -0.2) is 4.79 Å². The fraction of sp³-hybridized carbons (Fsp3) is 0.409. The highest BCUT2D eigenvalue weighted by Gasteiger charge is 2.20. The molecule has 0 heterocycles. The Labute approximate surface area is 187 Å². The number of carbonyl (C=O) groups is 1. The Kier molecular flexibility index (Phi) is 9.24. The lowest BCUT2D eigenvalue weighted by Gasteiger charge is -2.27. The zero-order valence-electron chi connectivity index (χ0n) is 16.8. The molecule has 0 bridgehead atoms. The Hall–Kier alpha value is -1.99. The summed E-state index contributed by atoms with van der Waals surface area (Å²) in [6, 6.07) is 10.8. The van der Waals surface area contributed by atoms with Gasteiger partial charge in [-0.15, -0.1) is 12.4 Å². The predicted molar refractivity (Wildman–Crippen MR) is 118 cm³/mol. The Morgan fingerprint density at radius 1 is 1.27 bits per heavy atom. The van der Waals surface area contributed by atoms with Crippen molar-refractivity contribution in [3.05, 3.63) is 58.1 Å². The second-order valence-electron chi connectivity index (χ2n) is 7.10. The first-order chi connectivity index (χ1) is 14.0. The van der Waals surface area contributed by atoms with Crippen LogP contribution in [0.3, 0.4) is 0 Å². The molecule has 3 rings (SSSR count). The molecule has 3 N–H and O–H groups in total. The van der Waals surface area contributed by atoms with E-state index in [1.807, 2.05) is 18.2 Å². The minimum atomic E-state index is -0.714. The highest BCUT2D eigenvalue weighted by atomic mass is 35.5. The number of fused-ring (bicyclic) bond motifs is 1. The Balaban J connectivity index is 0.00000320. The van der Waals surface area contributed by atoms with Gasteiger partial charge in [0.25, 0.3) is 0 Å². The van der Waals surface area contributed by atoms with Crippen LogP contribution in [-0.2, 0) is 22.4 Å². The number of aliphatic hydroxyl groups is 1. The lowest BCUT2D eigenvalue weighted by atomic mass is 9.88. The van der Waals surface area contributed by atoms with Crippen molar-refractivity contribution >= 4 is 30.0 Å². The third-order valence-electron chi connectivity index (χ3n) is 5.02. The molecule has 0 aliphatic heterocycles. The first kappa shape index (κ1) is 24.3. The number of carbonyl (C=O) groups excluding carboxylic acids is 1. The fourth-order valence-corrected chi connectivity index (χ4v) is 3.66. The van der Waals surface area contributed by atoms with Crippen LogP contribution in [0.5, 0.6) is 11.5 Å². The number of esters is 1. The van der Waals surface area contributed by atoms with E-state index in [1.165, 1.54) is 17.2 Å². The molecule has 6 nitrogen and oxygen atoms in total. The number of ether oxygens (including phenoxy) is 2. The van der Waals surface area contributed by atoms with E-state index < -0.39 is 6.10 Å². The second-order valence-corrected chi connectivity index (χ2v) is 7.51. The minimum Gasteiger partial charge on any atom is -0.506 e. The maximum absolute atomic E-state index is 11.5. The molecule has 0 spiro atoms. The largest absolute Gasteiger partial charge is 0.506 e. The van der Waals surface area contributed by atoms with Gasteiger partial charge in [-0.05, 0) is 67.1 Å². The zero-order valence-corrected chi connectivity index (χ0v) is 18.3. The first-order valence-corrected chi connectivity index (χ1v) is 10.1. The molecule has 0 saturated carbocycles. The van der Waals surface area contributed by atoms with Gasteiger partial charge in [0.2, 0.25) is 0 Å². The average Bonchev–Trinajstić information content (AvgIpc) is 2.72. The summed E-state index contributed by atoms with van der Waals surface area (Å²) in [6.07, 6.45) is 2.01. The third kappa shape index (κ3) is 6.51. The van der Waals surface area contributed by atoms with E-state index in [1.54, 1.807) is 19.1 Å². The molecule has 0 aromatic heterocycles. The van der Waals surface area contributed by atoms with Crippen LogP contribution in [0.2, 0.25) is 5.02 Å². The van der Waals surface area contributed by atoms with Gasteiger partial charge >= 0.3 is 5.97 Å². The number of hydrogen-bond donors (Lipinski definition) is 3. The maximum Gasteiger partial charge on any atom is 0.344 e. The number of phenolic OH excluding ortho intramolecular Hbond substituents is 1. The van der Waals surface area contributed by atoms with E-state index in [4.69, 9.17) is 21.1 Å². The zero-order chi connectivity index (χ0) is 20.8. The third-order valence-corrected chi connectivity index (χ3v) is 5.33. The molecule has 0 amide bonds. The number of phenols is 1. The van der Waals surface area contributed by atoms with Crippen molar-refractivity contribution in [2.45, 2.75) is 38.3 Å². The molecule has 30 heavy (non-hydrogen) atoms. The monoisotopic (exact) mass is 455 g/mol. The standard InChI is InChI=1S/C22H26ClNO5.ClH/c1-2-28-22(27)13-29-18-7-4-14-3-6-17(9-16(14)10-18)24-12-21(26)15-5-8-20(25)19(23)11-15;/h4-5,7-8,10-11,17,21,24-26H,2-3,6,9,12-13H2,1H3;1H/t17-,21?;/m1./s1. The summed E-state index contributed by atoms with van der Waals surface area (Å²) >= 11 is 5.92. The van der Waals surface area contributed by atoms with Crippen LogP contribution in [0.15, 0.2) is 36.4 Å². The van der Waals surface area contributed by atoms with E-state index in [-0.39, 0.29) is 41.8 Å². The number of rotatable bonds is 8. The molecule has 1 unspecified atom stereocenters. The van der Waals surface area contributed by atoms with Gasteiger partial charge in [0.1, 0.15) is 11.5 Å². The lowest BCUT2D eigenvalue weighted by molar-refractivity contribution is -0.145. The van der Waals surface area contributed by atoms with Crippen molar-refractivity contribution in [3.8, 4) is 11.5 Å². The van der Waals surface area contributed by atoms with E-state index in [0.29, 0.717) is 24.5 Å². The van der Waals surface area contributed by atoms with E-state index in [9.17, 15) is 15.0 Å². The summed E-state index contributed by atoms with van der Waals surface area (Å²) in [6.45, 7) is 2.38. The van der Waals surface area contributed by atoms with Gasteiger partial charge in [0, 0.05) is 12.6 Å². The van der Waals surface area contributed by atoms with Crippen molar-refractivity contribution in [3.63, 3.8) is 0 Å². The molecule has 2 aromatic carbocycles. The molecular formula is C22H27Cl2NO5. The predicted octanol–water partition coefficient (Wildman–Crippen LogP) is 3.59. The van der Waals surface area contributed by atoms with Gasteiger partial charge < -0.3 is 25.0 Å². The molecule has 0 fully saturated rings. The van der Waals surface area contributed by atoms with Crippen LogP contribution in [0, 0.1) is 0 Å². The number of halogens is 2. The van der Waals surface area contributed by atoms with Crippen LogP contribution in [-0.4, -0.2) is 42.0 Å². The molecule has 2 aromatic rings. The molecular weight excluding hydrogens is 429 g/mol. The smallest absolute Gasteiger partial charge is 0.344 e. The molecule has 2 atom stereocenters. The highest BCUT2D eigenvalue weighted by molar-refractivity contribution is 6.32. The quantitative estimate of drug-likeness (QED) is 0.527. The molecule has 8 heteroatoms. The van der Waals surface area contributed by atoms with Gasteiger partial charge in [-0.3, -0.25) is 0 Å². The number of aryl methyl sites for hydroxylation is 1. The fourth-order valence-electron chi connectivity index (χ4n) is 3.47.